The lowest BCUT2D eigenvalue weighted by Crippen LogP contribution is -2.62. The first-order valence-corrected chi connectivity index (χ1v) is 22.1. The van der Waals surface area contributed by atoms with Crippen molar-refractivity contribution in [2.75, 3.05) is 20.1 Å². The lowest BCUT2D eigenvalue weighted by molar-refractivity contribution is -0.117. The van der Waals surface area contributed by atoms with Gasteiger partial charge in [0.1, 0.15) is 0 Å². The molecule has 4 aliphatic rings. The van der Waals surface area contributed by atoms with Gasteiger partial charge in [0.25, 0.3) is 0 Å². The maximum Gasteiger partial charge on any atom is 0.0237 e. The molecule has 0 saturated heterocycles. The van der Waals surface area contributed by atoms with Crippen LogP contribution in [0.25, 0.3) is 0 Å². The standard InChI is InChI=1S/C29H51N.C11H21N.C8H19N/c1-21(2)10-8-9-15-29(30-7)19-18-27(5)25-12-11-23-20-22(3)13-16-26(23,4)24(25)14-17-28(27,29)6;1-10(2)8-6-5-7-9-12-11(3)4;1-4-7(2)5-8(3)6-9/h11,21-22,24-25,30H,8-10,12-20H2,1-7H3;12H,1,3,5-9H2,2,4H3;7-8H,4-6,9H2,1-3H3/t22?,24?,25?,26?,27-,28?,29?;;/m0../s1. The van der Waals surface area contributed by atoms with Gasteiger partial charge in [-0.2, -0.15) is 0 Å². The van der Waals surface area contributed by atoms with Crippen LogP contribution in [0.3, 0.4) is 0 Å². The van der Waals surface area contributed by atoms with Gasteiger partial charge in [0.2, 0.25) is 0 Å². The molecule has 0 radical (unpaired) electrons. The molecule has 0 amide bonds. The van der Waals surface area contributed by atoms with Gasteiger partial charge in [-0.25, -0.2) is 0 Å². The van der Waals surface area contributed by atoms with E-state index in [4.69, 9.17) is 5.73 Å². The minimum Gasteiger partial charge on any atom is -0.389 e. The minimum atomic E-state index is 0.357. The Labute approximate surface area is 320 Å². The van der Waals surface area contributed by atoms with E-state index in [1.807, 2.05) is 12.5 Å². The highest BCUT2D eigenvalue weighted by atomic mass is 15.0. The van der Waals surface area contributed by atoms with Gasteiger partial charge in [-0.05, 0) is 163 Å². The van der Waals surface area contributed by atoms with Gasteiger partial charge in [0.15, 0.2) is 0 Å². The maximum absolute atomic E-state index is 5.48. The average molecular weight is 710 g/mol. The Kier molecular flexibility index (Phi) is 19.1. The number of allylic oxidation sites excluding steroid dienone is 4. The zero-order valence-corrected chi connectivity index (χ0v) is 36.7. The number of hydrogen-bond donors (Lipinski definition) is 3. The first-order valence-electron chi connectivity index (χ1n) is 22.1. The van der Waals surface area contributed by atoms with Crippen LogP contribution in [0.4, 0.5) is 0 Å². The van der Waals surface area contributed by atoms with E-state index in [9.17, 15) is 0 Å². The number of unbranched alkanes of at least 4 members (excludes halogenated alkanes) is 3. The Balaban J connectivity index is 0.000000354. The highest BCUT2D eigenvalue weighted by molar-refractivity contribution is 5.28. The van der Waals surface area contributed by atoms with Crippen molar-refractivity contribution in [1.29, 1.82) is 0 Å². The van der Waals surface area contributed by atoms with Gasteiger partial charge in [0.05, 0.1) is 0 Å². The molecule has 298 valence electrons. The third-order valence-electron chi connectivity index (χ3n) is 15.3. The summed E-state index contributed by atoms with van der Waals surface area (Å²) in [5.41, 5.74) is 11.5. The molecular formula is C48H91N3. The van der Waals surface area contributed by atoms with Crippen LogP contribution in [0, 0.1) is 51.8 Å². The molecule has 51 heavy (non-hydrogen) atoms. The molecule has 4 aliphatic carbocycles. The van der Waals surface area contributed by atoms with E-state index in [0.717, 1.165) is 48.4 Å². The summed E-state index contributed by atoms with van der Waals surface area (Å²) in [4.78, 5) is 0. The second kappa shape index (κ2) is 21.1. The summed E-state index contributed by atoms with van der Waals surface area (Å²) in [7, 11) is 2.29. The first-order chi connectivity index (χ1) is 23.9. The smallest absolute Gasteiger partial charge is 0.0237 e. The molecule has 4 N–H and O–H groups in total. The summed E-state index contributed by atoms with van der Waals surface area (Å²) in [5, 5.41) is 7.20. The largest absolute Gasteiger partial charge is 0.389 e. The first kappa shape index (κ1) is 46.1. The fourth-order valence-corrected chi connectivity index (χ4v) is 11.3. The van der Waals surface area contributed by atoms with Crippen LogP contribution in [0.15, 0.2) is 36.1 Å². The number of hydrogen-bond acceptors (Lipinski definition) is 3. The molecule has 4 rings (SSSR count). The molecule has 3 saturated carbocycles. The Bertz CT molecular complexity index is 1050. The minimum absolute atomic E-state index is 0.357. The molecule has 0 aromatic carbocycles. The lowest BCUT2D eigenvalue weighted by atomic mass is 9.41. The fraction of sp³-hybridized carbons (Fsp3) is 0.875. The second-order valence-corrected chi connectivity index (χ2v) is 19.8. The predicted molar refractivity (Wildman–Crippen MR) is 229 cm³/mol. The molecule has 0 aromatic heterocycles. The van der Waals surface area contributed by atoms with Gasteiger partial charge in [-0.3, -0.25) is 0 Å². The summed E-state index contributed by atoms with van der Waals surface area (Å²) < 4.78 is 0. The normalized spacial score (nSPS) is 33.6. The van der Waals surface area contributed by atoms with Crippen molar-refractivity contribution in [2.24, 2.45) is 57.5 Å². The van der Waals surface area contributed by atoms with E-state index < -0.39 is 0 Å². The van der Waals surface area contributed by atoms with E-state index >= 15 is 0 Å². The summed E-state index contributed by atoms with van der Waals surface area (Å²) >= 11 is 0. The third kappa shape index (κ3) is 12.0. The molecule has 8 unspecified atom stereocenters. The maximum atomic E-state index is 5.48. The molecule has 3 nitrogen and oxygen atoms in total. The van der Waals surface area contributed by atoms with Crippen molar-refractivity contribution < 1.29 is 0 Å². The van der Waals surface area contributed by atoms with Crippen LogP contribution >= 0.6 is 0 Å². The van der Waals surface area contributed by atoms with Crippen LogP contribution in [-0.4, -0.2) is 25.7 Å². The SMILES string of the molecule is C=C(C)CCCCCNC(=C)C.CCC(C)CC(C)CN.CNC1(CCCCC(C)C)CC[C@@]2(C)C3CC=C4CC(C)CCC4(C)C3CCC12C. The van der Waals surface area contributed by atoms with Crippen LogP contribution in [-0.2, 0) is 0 Å². The molecule has 0 aromatic rings. The second-order valence-electron chi connectivity index (χ2n) is 19.8. The molecular weight excluding hydrogens is 619 g/mol. The monoisotopic (exact) mass is 710 g/mol. The molecule has 9 atom stereocenters. The van der Waals surface area contributed by atoms with Gasteiger partial charge in [0, 0.05) is 17.8 Å². The van der Waals surface area contributed by atoms with Crippen LogP contribution in [0.1, 0.15) is 192 Å². The zero-order chi connectivity index (χ0) is 38.5. The Morgan fingerprint density at radius 1 is 0.902 bits per heavy atom. The van der Waals surface area contributed by atoms with Crippen molar-refractivity contribution in [3.8, 4) is 0 Å². The zero-order valence-electron chi connectivity index (χ0n) is 36.7. The van der Waals surface area contributed by atoms with Crippen LogP contribution in [0.5, 0.6) is 0 Å². The summed E-state index contributed by atoms with van der Waals surface area (Å²) in [6.45, 7) is 35.7. The van der Waals surface area contributed by atoms with E-state index in [1.165, 1.54) is 121 Å². The van der Waals surface area contributed by atoms with Crippen molar-refractivity contribution >= 4 is 0 Å². The van der Waals surface area contributed by atoms with E-state index in [0.29, 0.717) is 27.7 Å². The quantitative estimate of drug-likeness (QED) is 0.104. The summed E-state index contributed by atoms with van der Waals surface area (Å²) in [6.07, 6.45) is 27.2. The average Bonchev–Trinajstić information content (AvgIpc) is 3.32. The van der Waals surface area contributed by atoms with Gasteiger partial charge in [-0.1, -0.05) is 118 Å². The molecule has 0 bridgehead atoms. The Hall–Kier alpha value is -1.06. The molecule has 3 fully saturated rings. The van der Waals surface area contributed by atoms with Crippen molar-refractivity contribution in [1.82, 2.24) is 10.6 Å². The Morgan fingerprint density at radius 2 is 1.61 bits per heavy atom. The summed E-state index contributed by atoms with van der Waals surface area (Å²) in [5.74, 6) is 5.13. The van der Waals surface area contributed by atoms with Crippen LogP contribution in [0.2, 0.25) is 0 Å². The predicted octanol–water partition coefficient (Wildman–Crippen LogP) is 13.4. The lowest BCUT2D eigenvalue weighted by Gasteiger charge is -2.64. The van der Waals surface area contributed by atoms with Crippen molar-refractivity contribution in [3.05, 3.63) is 36.1 Å². The van der Waals surface area contributed by atoms with Gasteiger partial charge < -0.3 is 16.4 Å². The molecule has 0 aliphatic heterocycles. The van der Waals surface area contributed by atoms with E-state index in [1.54, 1.807) is 0 Å². The van der Waals surface area contributed by atoms with Crippen molar-refractivity contribution in [2.45, 2.75) is 197 Å². The van der Waals surface area contributed by atoms with E-state index in [2.05, 4.69) is 106 Å². The summed E-state index contributed by atoms with van der Waals surface area (Å²) in [6, 6.07) is 0. The number of nitrogens with two attached hydrogens (primary N) is 1. The molecule has 0 heterocycles. The van der Waals surface area contributed by atoms with Crippen LogP contribution < -0.4 is 16.4 Å². The topological polar surface area (TPSA) is 50.1 Å². The highest BCUT2D eigenvalue weighted by Gasteiger charge is 2.68. The fourth-order valence-electron chi connectivity index (χ4n) is 11.3. The third-order valence-corrected chi connectivity index (χ3v) is 15.3. The molecule has 0 spiro atoms. The Morgan fingerprint density at radius 3 is 2.20 bits per heavy atom. The van der Waals surface area contributed by atoms with Gasteiger partial charge in [-0.15, -0.1) is 6.58 Å². The van der Waals surface area contributed by atoms with E-state index in [-0.39, 0.29) is 0 Å². The number of nitrogens with one attached hydrogen (secondary N) is 2. The highest BCUT2D eigenvalue weighted by Crippen LogP contribution is 2.73. The number of rotatable bonds is 17. The molecule has 3 heteroatoms. The van der Waals surface area contributed by atoms with Gasteiger partial charge >= 0.3 is 0 Å². The number of fused-ring (bicyclic) bond motifs is 5. The van der Waals surface area contributed by atoms with Crippen molar-refractivity contribution in [3.63, 3.8) is 0 Å².